The number of pyridine rings is 1. The van der Waals surface area contributed by atoms with E-state index in [0.717, 1.165) is 19.4 Å². The monoisotopic (exact) mass is 756 g/mol. The number of benzene rings is 1. The lowest BCUT2D eigenvalue weighted by Crippen LogP contribution is -2.51. The van der Waals surface area contributed by atoms with Gasteiger partial charge in [-0.3, -0.25) is 4.79 Å². The lowest BCUT2D eigenvalue weighted by molar-refractivity contribution is 0.00624. The molecular formula is C34H51BrClFN4O5Si. The predicted octanol–water partition coefficient (Wildman–Crippen LogP) is 8.67. The Hall–Kier alpha value is -1.99. The molecule has 3 heterocycles. The number of aromatic nitrogens is 1. The van der Waals surface area contributed by atoms with Crippen LogP contribution in [0.15, 0.2) is 10.5 Å². The first-order valence-electron chi connectivity index (χ1n) is 16.5. The molecule has 262 valence electrons. The van der Waals surface area contributed by atoms with Gasteiger partial charge >= 0.3 is 6.09 Å². The second-order valence-corrected chi connectivity index (χ2v) is 21.4. The Morgan fingerprint density at radius 3 is 2.49 bits per heavy atom. The second-order valence-electron chi connectivity index (χ2n) is 15.4. The Kier molecular flexibility index (Phi) is 12.0. The number of carbonyl (C=O) groups is 2. The lowest BCUT2D eigenvalue weighted by Gasteiger charge is -2.42. The van der Waals surface area contributed by atoms with Gasteiger partial charge in [0.05, 0.1) is 15.2 Å². The molecule has 9 nitrogen and oxygen atoms in total. The molecule has 1 aromatic heterocycles. The Labute approximate surface area is 293 Å². The van der Waals surface area contributed by atoms with Crippen molar-refractivity contribution in [2.24, 2.45) is 0 Å². The van der Waals surface area contributed by atoms with Gasteiger partial charge < -0.3 is 29.0 Å². The van der Waals surface area contributed by atoms with Crippen LogP contribution in [0, 0.1) is 5.82 Å². The number of ether oxygens (including phenoxy) is 2. The largest absolute Gasteiger partial charge is 0.475 e. The highest BCUT2D eigenvalue weighted by Gasteiger charge is 2.39. The Bertz CT molecular complexity index is 1470. The van der Waals surface area contributed by atoms with Crippen molar-refractivity contribution in [2.75, 3.05) is 38.7 Å². The summed E-state index contributed by atoms with van der Waals surface area (Å²) in [5.41, 5.74) is 0.0443. The molecule has 0 radical (unpaired) electrons. The van der Waals surface area contributed by atoms with Crippen LogP contribution in [0.2, 0.25) is 23.2 Å². The third kappa shape index (κ3) is 8.98. The molecule has 2 saturated heterocycles. The molecule has 1 amide bonds. The van der Waals surface area contributed by atoms with E-state index in [1.54, 1.807) is 11.0 Å². The zero-order valence-corrected chi connectivity index (χ0v) is 32.6. The summed E-state index contributed by atoms with van der Waals surface area (Å²) >= 11 is 9.67. The molecule has 4 rings (SSSR count). The summed E-state index contributed by atoms with van der Waals surface area (Å²) in [5, 5.41) is 4.16. The number of fused-ring (bicyclic) bond motifs is 1. The number of rotatable bonds is 10. The highest BCUT2D eigenvalue weighted by Crippen LogP contribution is 2.40. The van der Waals surface area contributed by atoms with Crippen LogP contribution in [0.1, 0.15) is 84.0 Å². The number of nitrogens with one attached hydrogen (secondary N) is 1. The fourth-order valence-corrected chi connectivity index (χ4v) is 7.48. The van der Waals surface area contributed by atoms with E-state index in [2.05, 4.69) is 65.0 Å². The van der Waals surface area contributed by atoms with Crippen LogP contribution in [0.4, 0.5) is 14.9 Å². The number of carbonyl (C=O) groups excluding carboxylic acids is 2. The average Bonchev–Trinajstić information content (AvgIpc) is 3.38. The molecule has 1 aromatic carbocycles. The molecule has 0 unspecified atom stereocenters. The van der Waals surface area contributed by atoms with E-state index in [0.29, 0.717) is 56.4 Å². The first kappa shape index (κ1) is 37.8. The first-order chi connectivity index (χ1) is 21.8. The van der Waals surface area contributed by atoms with Crippen molar-refractivity contribution in [1.82, 2.24) is 14.8 Å². The van der Waals surface area contributed by atoms with Gasteiger partial charge in [0.1, 0.15) is 23.3 Å². The number of aldehydes is 1. The molecule has 2 aliphatic rings. The fraction of sp³-hybridized carbons (Fsp3) is 0.676. The molecule has 0 aliphatic carbocycles. The van der Waals surface area contributed by atoms with E-state index in [-0.39, 0.29) is 55.7 Å². The highest BCUT2D eigenvalue weighted by atomic mass is 79.9. The smallest absolute Gasteiger partial charge is 0.410 e. The lowest BCUT2D eigenvalue weighted by atomic mass is 9.94. The van der Waals surface area contributed by atoms with E-state index < -0.39 is 19.7 Å². The topological polar surface area (TPSA) is 93.2 Å². The summed E-state index contributed by atoms with van der Waals surface area (Å²) in [7, 11) is 0.0336. The molecule has 2 aromatic rings. The zero-order chi connectivity index (χ0) is 34.9. The maximum Gasteiger partial charge on any atom is 0.410 e. The summed E-state index contributed by atoms with van der Waals surface area (Å²) in [5.74, 6) is -0.551. The number of halogens is 3. The molecule has 1 N–H and O–H groups in total. The Morgan fingerprint density at radius 1 is 1.19 bits per heavy atom. The fourth-order valence-electron chi connectivity index (χ4n) is 5.93. The van der Waals surface area contributed by atoms with Crippen LogP contribution in [0.3, 0.4) is 0 Å². The van der Waals surface area contributed by atoms with Gasteiger partial charge in [-0.15, -0.1) is 0 Å². The summed E-state index contributed by atoms with van der Waals surface area (Å²) in [4.78, 5) is 34.6. The van der Waals surface area contributed by atoms with Gasteiger partial charge in [-0.25, -0.2) is 14.2 Å². The van der Waals surface area contributed by atoms with Gasteiger partial charge in [-0.1, -0.05) is 32.4 Å². The third-order valence-corrected chi connectivity index (χ3v) is 15.6. The molecule has 3 atom stereocenters. The van der Waals surface area contributed by atoms with E-state index in [9.17, 15) is 9.59 Å². The van der Waals surface area contributed by atoms with Crippen LogP contribution >= 0.6 is 27.5 Å². The number of nitrogens with zero attached hydrogens (tertiary/aromatic N) is 3. The number of hydrogen-bond donors (Lipinski definition) is 1. The minimum atomic E-state index is -2.01. The van der Waals surface area contributed by atoms with Crippen LogP contribution in [-0.4, -0.2) is 92.6 Å². The molecule has 13 heteroatoms. The van der Waals surface area contributed by atoms with Gasteiger partial charge in [0.15, 0.2) is 20.4 Å². The summed E-state index contributed by atoms with van der Waals surface area (Å²) < 4.78 is 34.2. The number of likely N-dealkylation sites (tertiary alicyclic amines) is 2. The molecule has 2 aliphatic heterocycles. The van der Waals surface area contributed by atoms with Gasteiger partial charge in [-0.2, -0.15) is 0 Å². The van der Waals surface area contributed by atoms with Crippen molar-refractivity contribution in [2.45, 2.75) is 116 Å². The van der Waals surface area contributed by atoms with E-state index in [4.69, 9.17) is 25.5 Å². The average molecular weight is 758 g/mol. The van der Waals surface area contributed by atoms with E-state index >= 15 is 4.39 Å². The standard InChI is InChI=1S/C34H51BrClFN4O5Si/c1-33(2,3)46-32(43)41-15-12-21(17-22(41)13-16-45-47(8,9)34(4,5)6)38-29-24-18-26(36)27(35)28(37)30(24)39-31(25(29)19-42)44-20-23-11-10-14-40(23)7/h18-19,21-23H,10-17,20H2,1-9H3,(H,38,39)/t21-,22+,23-/m0/s1. The van der Waals surface area contributed by atoms with Crippen LogP contribution in [0.25, 0.3) is 10.9 Å². The molecule has 0 bridgehead atoms. The van der Waals surface area contributed by atoms with Crippen molar-refractivity contribution in [3.8, 4) is 5.88 Å². The van der Waals surface area contributed by atoms with Gasteiger partial charge in [-0.05, 0) is 107 Å². The van der Waals surface area contributed by atoms with Gasteiger partial charge in [0, 0.05) is 36.7 Å². The maximum absolute atomic E-state index is 15.7. The normalized spacial score (nSPS) is 21.3. The van der Waals surface area contributed by atoms with Gasteiger partial charge in [0.25, 0.3) is 0 Å². The number of hydrogen-bond acceptors (Lipinski definition) is 8. The van der Waals surface area contributed by atoms with E-state index in [1.165, 1.54) is 0 Å². The number of amides is 1. The third-order valence-electron chi connectivity index (χ3n) is 9.73. The molecule has 0 spiro atoms. The molecular weight excluding hydrogens is 707 g/mol. The SMILES string of the molecule is CN1CCC[C@H]1COc1nc2c(F)c(Br)c(Cl)cc2c(N[C@H]2CCN(C(=O)OC(C)(C)C)[C@H](CCO[Si](C)(C)C(C)(C)C)C2)c1C=O. The van der Waals surface area contributed by atoms with Crippen LogP contribution < -0.4 is 10.1 Å². The number of likely N-dealkylation sites (N-methyl/N-ethyl adjacent to an activating group) is 1. The summed E-state index contributed by atoms with van der Waals surface area (Å²) in [6, 6.07) is 1.45. The minimum absolute atomic E-state index is 0.0506. The Morgan fingerprint density at radius 2 is 1.89 bits per heavy atom. The van der Waals surface area contributed by atoms with Crippen LogP contribution in [0.5, 0.6) is 5.88 Å². The highest BCUT2D eigenvalue weighted by molar-refractivity contribution is 9.10. The Balaban J connectivity index is 1.66. The van der Waals surface area contributed by atoms with Crippen molar-refractivity contribution in [3.05, 3.63) is 26.9 Å². The van der Waals surface area contributed by atoms with Crippen molar-refractivity contribution >= 4 is 64.8 Å². The van der Waals surface area contributed by atoms with Crippen molar-refractivity contribution in [3.63, 3.8) is 0 Å². The predicted molar refractivity (Wildman–Crippen MR) is 192 cm³/mol. The maximum atomic E-state index is 15.7. The van der Waals surface area contributed by atoms with Crippen molar-refractivity contribution < 1.29 is 27.9 Å². The number of anilines is 1. The second kappa shape index (κ2) is 14.9. The van der Waals surface area contributed by atoms with Gasteiger partial charge in [0.2, 0.25) is 5.88 Å². The molecule has 0 saturated carbocycles. The first-order valence-corrected chi connectivity index (χ1v) is 20.6. The zero-order valence-electron chi connectivity index (χ0n) is 29.3. The van der Waals surface area contributed by atoms with Crippen molar-refractivity contribution in [1.29, 1.82) is 0 Å². The van der Waals surface area contributed by atoms with E-state index in [1.807, 2.05) is 27.8 Å². The summed E-state index contributed by atoms with van der Waals surface area (Å²) in [6.07, 6.45) is 4.15. The quantitative estimate of drug-likeness (QED) is 0.146. The molecule has 2 fully saturated rings. The minimum Gasteiger partial charge on any atom is -0.475 e. The molecule has 47 heavy (non-hydrogen) atoms. The summed E-state index contributed by atoms with van der Waals surface area (Å²) in [6.45, 7) is 18.9. The number of piperidine rings is 1. The van der Waals surface area contributed by atoms with Crippen LogP contribution in [-0.2, 0) is 9.16 Å².